The highest BCUT2D eigenvalue weighted by atomic mass is 16.5. The Morgan fingerprint density at radius 2 is 2.05 bits per heavy atom. The number of hydrogen-bond donors (Lipinski definition) is 1. The largest absolute Gasteiger partial charge is 0.497 e. The van der Waals surface area contributed by atoms with E-state index < -0.39 is 0 Å². The summed E-state index contributed by atoms with van der Waals surface area (Å²) in [6, 6.07) is 8.04. The Morgan fingerprint density at radius 1 is 1.32 bits per heavy atom. The molecule has 1 aromatic rings. The molecule has 1 aromatic carbocycles. The van der Waals surface area contributed by atoms with Crippen molar-refractivity contribution in [2.24, 2.45) is 11.7 Å². The number of hydrogen-bond acceptors (Lipinski definition) is 3. The summed E-state index contributed by atoms with van der Waals surface area (Å²) in [5.41, 5.74) is 7.02. The summed E-state index contributed by atoms with van der Waals surface area (Å²) in [4.78, 5) is 0. The first kappa shape index (κ1) is 14.4. The van der Waals surface area contributed by atoms with Gasteiger partial charge in [0.15, 0.2) is 0 Å². The molecule has 1 aliphatic rings. The van der Waals surface area contributed by atoms with Crippen molar-refractivity contribution in [2.75, 3.05) is 13.7 Å². The summed E-state index contributed by atoms with van der Waals surface area (Å²) in [7, 11) is 1.68. The Morgan fingerprint density at radius 3 is 2.63 bits per heavy atom. The van der Waals surface area contributed by atoms with Gasteiger partial charge < -0.3 is 15.2 Å². The lowest BCUT2D eigenvalue weighted by Crippen LogP contribution is -2.44. The first-order valence-electron chi connectivity index (χ1n) is 7.14. The van der Waals surface area contributed by atoms with Crippen LogP contribution in [-0.4, -0.2) is 19.3 Å². The standard InChI is InChI=1S/C16H25NO2/c1-13-4-3-9-16(10-13,12-17)19-11-14-5-7-15(18-2)8-6-14/h5-8,13H,3-4,9-12,17H2,1-2H3. The highest BCUT2D eigenvalue weighted by Gasteiger charge is 2.34. The molecule has 3 heteroatoms. The molecule has 0 heterocycles. The van der Waals surface area contributed by atoms with Gasteiger partial charge in [-0.3, -0.25) is 0 Å². The van der Waals surface area contributed by atoms with E-state index in [9.17, 15) is 0 Å². The summed E-state index contributed by atoms with van der Waals surface area (Å²) < 4.78 is 11.3. The van der Waals surface area contributed by atoms with E-state index in [-0.39, 0.29) is 5.60 Å². The lowest BCUT2D eigenvalue weighted by Gasteiger charge is -2.39. The van der Waals surface area contributed by atoms with Crippen molar-refractivity contribution >= 4 is 0 Å². The van der Waals surface area contributed by atoms with E-state index in [1.54, 1.807) is 7.11 Å². The lowest BCUT2D eigenvalue weighted by molar-refractivity contribution is -0.0840. The lowest BCUT2D eigenvalue weighted by atomic mass is 9.79. The molecular formula is C16H25NO2. The summed E-state index contributed by atoms with van der Waals surface area (Å²) in [6.07, 6.45) is 4.69. The van der Waals surface area contributed by atoms with Crippen molar-refractivity contribution in [3.63, 3.8) is 0 Å². The molecule has 3 nitrogen and oxygen atoms in total. The summed E-state index contributed by atoms with van der Waals surface area (Å²) in [6.45, 7) is 3.54. The van der Waals surface area contributed by atoms with Gasteiger partial charge in [0.1, 0.15) is 5.75 Å². The fourth-order valence-electron chi connectivity index (χ4n) is 2.95. The van der Waals surface area contributed by atoms with Crippen molar-refractivity contribution in [1.82, 2.24) is 0 Å². The molecule has 2 atom stereocenters. The third kappa shape index (κ3) is 3.71. The Labute approximate surface area is 116 Å². The number of methoxy groups -OCH3 is 1. The molecule has 0 aliphatic heterocycles. The van der Waals surface area contributed by atoms with Crippen LogP contribution < -0.4 is 10.5 Å². The van der Waals surface area contributed by atoms with Gasteiger partial charge in [-0.1, -0.05) is 31.9 Å². The second-order valence-corrected chi connectivity index (χ2v) is 5.73. The molecule has 0 aromatic heterocycles. The molecule has 0 spiro atoms. The normalized spacial score (nSPS) is 27.2. The van der Waals surface area contributed by atoms with Crippen LogP contribution in [-0.2, 0) is 11.3 Å². The third-order valence-corrected chi connectivity index (χ3v) is 4.13. The van der Waals surface area contributed by atoms with Gasteiger partial charge >= 0.3 is 0 Å². The molecule has 19 heavy (non-hydrogen) atoms. The maximum absolute atomic E-state index is 6.18. The molecule has 0 amide bonds. The molecule has 1 saturated carbocycles. The minimum absolute atomic E-state index is 0.113. The van der Waals surface area contributed by atoms with Crippen LogP contribution >= 0.6 is 0 Å². The number of benzene rings is 1. The van der Waals surface area contributed by atoms with E-state index in [0.717, 1.165) is 18.6 Å². The Kier molecular flexibility index (Phi) is 4.83. The molecule has 1 aliphatic carbocycles. The zero-order valence-corrected chi connectivity index (χ0v) is 12.0. The Bertz CT molecular complexity index is 390. The minimum Gasteiger partial charge on any atom is -0.497 e. The highest BCUT2D eigenvalue weighted by Crippen LogP contribution is 2.35. The molecule has 2 rings (SSSR count). The maximum atomic E-state index is 6.18. The van der Waals surface area contributed by atoms with Crippen LogP contribution in [0.2, 0.25) is 0 Å². The Balaban J connectivity index is 1.95. The second kappa shape index (κ2) is 6.40. The molecular weight excluding hydrogens is 238 g/mol. The summed E-state index contributed by atoms with van der Waals surface area (Å²) in [5.74, 6) is 1.59. The molecule has 0 radical (unpaired) electrons. The first-order valence-corrected chi connectivity index (χ1v) is 7.14. The van der Waals surface area contributed by atoms with Crippen LogP contribution in [0.4, 0.5) is 0 Å². The molecule has 0 bridgehead atoms. The van der Waals surface area contributed by atoms with Crippen LogP contribution in [0.1, 0.15) is 38.2 Å². The quantitative estimate of drug-likeness (QED) is 0.887. The minimum atomic E-state index is -0.113. The molecule has 2 unspecified atom stereocenters. The summed E-state index contributed by atoms with van der Waals surface area (Å²) in [5, 5.41) is 0. The number of ether oxygens (including phenoxy) is 2. The monoisotopic (exact) mass is 263 g/mol. The molecule has 106 valence electrons. The van der Waals surface area contributed by atoms with Crippen LogP contribution in [0.5, 0.6) is 5.75 Å². The van der Waals surface area contributed by atoms with E-state index in [1.165, 1.54) is 18.4 Å². The van der Waals surface area contributed by atoms with Crippen LogP contribution in [0.15, 0.2) is 24.3 Å². The van der Waals surface area contributed by atoms with Gasteiger partial charge in [0.05, 0.1) is 19.3 Å². The molecule has 0 saturated heterocycles. The van der Waals surface area contributed by atoms with E-state index in [4.69, 9.17) is 15.2 Å². The van der Waals surface area contributed by atoms with Crippen molar-refractivity contribution in [3.05, 3.63) is 29.8 Å². The molecule has 2 N–H and O–H groups in total. The predicted molar refractivity (Wildman–Crippen MR) is 77.2 cm³/mol. The van der Waals surface area contributed by atoms with Crippen LogP contribution in [0.25, 0.3) is 0 Å². The number of nitrogens with two attached hydrogens (primary N) is 1. The fourth-order valence-corrected chi connectivity index (χ4v) is 2.95. The van der Waals surface area contributed by atoms with Gasteiger partial charge in [-0.05, 0) is 36.5 Å². The zero-order chi connectivity index (χ0) is 13.7. The first-order chi connectivity index (χ1) is 9.17. The maximum Gasteiger partial charge on any atom is 0.118 e. The Hall–Kier alpha value is -1.06. The van der Waals surface area contributed by atoms with E-state index in [0.29, 0.717) is 19.1 Å². The van der Waals surface area contributed by atoms with Gasteiger partial charge in [-0.15, -0.1) is 0 Å². The van der Waals surface area contributed by atoms with E-state index in [1.807, 2.05) is 12.1 Å². The highest BCUT2D eigenvalue weighted by molar-refractivity contribution is 5.26. The predicted octanol–water partition coefficient (Wildman–Crippen LogP) is 3.12. The van der Waals surface area contributed by atoms with Crippen molar-refractivity contribution in [2.45, 2.75) is 44.8 Å². The average molecular weight is 263 g/mol. The van der Waals surface area contributed by atoms with E-state index >= 15 is 0 Å². The van der Waals surface area contributed by atoms with Gasteiger partial charge in [-0.2, -0.15) is 0 Å². The average Bonchev–Trinajstić information content (AvgIpc) is 2.46. The SMILES string of the molecule is COc1ccc(COC2(CN)CCCC(C)C2)cc1. The van der Waals surface area contributed by atoms with Crippen LogP contribution in [0, 0.1) is 5.92 Å². The van der Waals surface area contributed by atoms with Gasteiger partial charge in [-0.25, -0.2) is 0 Å². The summed E-state index contributed by atoms with van der Waals surface area (Å²) >= 11 is 0. The zero-order valence-electron chi connectivity index (χ0n) is 12.0. The third-order valence-electron chi connectivity index (χ3n) is 4.13. The van der Waals surface area contributed by atoms with E-state index in [2.05, 4.69) is 19.1 Å². The molecule has 1 fully saturated rings. The smallest absolute Gasteiger partial charge is 0.118 e. The fraction of sp³-hybridized carbons (Fsp3) is 0.625. The van der Waals surface area contributed by atoms with Crippen LogP contribution in [0.3, 0.4) is 0 Å². The van der Waals surface area contributed by atoms with Gasteiger partial charge in [0.25, 0.3) is 0 Å². The van der Waals surface area contributed by atoms with Crippen molar-refractivity contribution < 1.29 is 9.47 Å². The van der Waals surface area contributed by atoms with Gasteiger partial charge in [0.2, 0.25) is 0 Å². The number of rotatable bonds is 5. The van der Waals surface area contributed by atoms with Crippen molar-refractivity contribution in [3.8, 4) is 5.75 Å². The topological polar surface area (TPSA) is 44.5 Å². The van der Waals surface area contributed by atoms with Crippen molar-refractivity contribution in [1.29, 1.82) is 0 Å². The van der Waals surface area contributed by atoms with Gasteiger partial charge in [0, 0.05) is 6.54 Å². The second-order valence-electron chi connectivity index (χ2n) is 5.73.